The number of morpholine rings is 1. The van der Waals surface area contributed by atoms with E-state index in [0.29, 0.717) is 66.0 Å². The van der Waals surface area contributed by atoms with Gasteiger partial charge < -0.3 is 30.1 Å². The molecule has 1 amide bonds. The van der Waals surface area contributed by atoms with E-state index in [-0.39, 0.29) is 17.0 Å². The van der Waals surface area contributed by atoms with Gasteiger partial charge >= 0.3 is 11.9 Å². The molecule has 4 heterocycles. The molecule has 2 aliphatic heterocycles. The fraction of sp³-hybridized carbons (Fsp3) is 0.143. The maximum atomic E-state index is 13.5. The minimum atomic E-state index is -1.27. The van der Waals surface area contributed by atoms with Crippen molar-refractivity contribution in [3.8, 4) is 28.6 Å². The number of carbonyl (C=O) groups is 3. The van der Waals surface area contributed by atoms with E-state index in [0.717, 1.165) is 0 Å². The third kappa shape index (κ3) is 5.44. The molecule has 0 saturated carbocycles. The van der Waals surface area contributed by atoms with E-state index >= 15 is 0 Å². The number of phenols is 2. The number of benzene rings is 2. The first-order chi connectivity index (χ1) is 21.2. The van der Waals surface area contributed by atoms with Gasteiger partial charge in [0, 0.05) is 30.8 Å². The van der Waals surface area contributed by atoms with Gasteiger partial charge in [0.25, 0.3) is 5.91 Å². The number of carbonyl (C=O) groups excluding carboxylic acids is 1. The van der Waals surface area contributed by atoms with Crippen molar-refractivity contribution in [2.75, 3.05) is 31.3 Å². The van der Waals surface area contributed by atoms with Crippen molar-refractivity contribution in [2.24, 2.45) is 0 Å². The number of hydrogen-bond donors (Lipinski definition) is 6. The fourth-order valence-electron chi connectivity index (χ4n) is 4.66. The Hall–Kier alpha value is -6.00. The van der Waals surface area contributed by atoms with Gasteiger partial charge in [0.2, 0.25) is 0 Å². The van der Waals surface area contributed by atoms with Crippen LogP contribution in [0.5, 0.6) is 11.5 Å². The molecule has 6 N–H and O–H groups in total. The number of rotatable bonds is 7. The summed E-state index contributed by atoms with van der Waals surface area (Å²) in [6, 6.07) is 11.2. The Morgan fingerprint density at radius 3 is 2.11 bits per heavy atom. The number of aromatic nitrogens is 4. The number of hydrogen-bond acceptors (Lipinski definition) is 12. The number of pyridine rings is 1. The van der Waals surface area contributed by atoms with Crippen LogP contribution in [-0.4, -0.2) is 89.5 Å². The van der Waals surface area contributed by atoms with Crippen LogP contribution in [0, 0.1) is 0 Å². The van der Waals surface area contributed by atoms with Crippen LogP contribution >= 0.6 is 0 Å². The smallest absolute Gasteiger partial charge is 0.339 e. The molecule has 2 aromatic heterocycles. The Balaban J connectivity index is 1.36. The second kappa shape index (κ2) is 11.3. The quantitative estimate of drug-likeness (QED) is 0.177. The van der Waals surface area contributed by atoms with E-state index < -0.39 is 23.4 Å². The van der Waals surface area contributed by atoms with Gasteiger partial charge in [0.1, 0.15) is 28.3 Å². The van der Waals surface area contributed by atoms with Gasteiger partial charge in [0.05, 0.1) is 54.1 Å². The van der Waals surface area contributed by atoms with Gasteiger partial charge in [-0.25, -0.2) is 19.3 Å². The Labute approximate surface area is 248 Å². The number of amides is 1. The molecule has 2 aliphatic rings. The van der Waals surface area contributed by atoms with Crippen LogP contribution < -0.4 is 16.0 Å². The molecule has 1 saturated heterocycles. The molecule has 0 aliphatic carbocycles. The molecule has 16 nitrogen and oxygen atoms in total. The minimum Gasteiger partial charge on any atom is -0.507 e. The van der Waals surface area contributed by atoms with Crippen molar-refractivity contribution in [2.45, 2.75) is 0 Å². The summed E-state index contributed by atoms with van der Waals surface area (Å²) in [5.74, 6) is -3.62. The zero-order valence-electron chi connectivity index (χ0n) is 22.7. The summed E-state index contributed by atoms with van der Waals surface area (Å²) < 4.78 is 6.71. The summed E-state index contributed by atoms with van der Waals surface area (Å²) >= 11 is 0. The average molecular weight is 601 g/mol. The number of aromatic hydroxyl groups is 2. The molecule has 2 aromatic carbocycles. The number of aromatic carboxylic acids is 2. The standard InChI is InChI=1S/C28H24N8O8/c37-24-11-16(1-3-18(24)27(40)41)35-13-22(30-32-35)20-9-15(26(39)34-5-7-44-8-6-34)10-21(29-20)23-14-36(33-31-23)17-2-4-19(28(42)43)25(38)12-17/h1-4,9-14,30,32,37-38H,5-8H2,(H,40,41)(H,42,43). The van der Waals surface area contributed by atoms with Crippen molar-refractivity contribution in [1.82, 2.24) is 35.8 Å². The molecule has 0 unspecified atom stereocenters. The predicted octanol–water partition coefficient (Wildman–Crippen LogP) is 1.44. The predicted molar refractivity (Wildman–Crippen MR) is 152 cm³/mol. The molecule has 44 heavy (non-hydrogen) atoms. The number of nitrogens with one attached hydrogen (secondary N) is 2. The third-order valence-corrected chi connectivity index (χ3v) is 6.94. The number of anilines is 1. The third-order valence-electron chi connectivity index (χ3n) is 6.94. The minimum absolute atomic E-state index is 0.239. The number of carboxylic acid groups (broad SMARTS) is 2. The van der Waals surface area contributed by atoms with Crippen molar-refractivity contribution >= 4 is 29.2 Å². The van der Waals surface area contributed by atoms with Crippen LogP contribution in [0.3, 0.4) is 0 Å². The van der Waals surface area contributed by atoms with E-state index in [2.05, 4.69) is 21.3 Å². The zero-order chi connectivity index (χ0) is 31.0. The van der Waals surface area contributed by atoms with Gasteiger partial charge in [0.15, 0.2) is 0 Å². The molecule has 1 fully saturated rings. The lowest BCUT2D eigenvalue weighted by atomic mass is 10.1. The van der Waals surface area contributed by atoms with Gasteiger partial charge in [-0.3, -0.25) is 15.2 Å². The highest BCUT2D eigenvalue weighted by atomic mass is 16.5. The van der Waals surface area contributed by atoms with Crippen molar-refractivity contribution < 1.29 is 39.5 Å². The van der Waals surface area contributed by atoms with Gasteiger partial charge in [-0.2, -0.15) is 0 Å². The molecule has 224 valence electrons. The molecular weight excluding hydrogens is 576 g/mol. The first-order valence-corrected chi connectivity index (χ1v) is 13.2. The highest BCUT2D eigenvalue weighted by Gasteiger charge is 2.24. The van der Waals surface area contributed by atoms with Gasteiger partial charge in [-0.1, -0.05) is 5.21 Å². The highest BCUT2D eigenvalue weighted by Crippen LogP contribution is 2.28. The molecule has 16 heteroatoms. The molecule has 0 bridgehead atoms. The first kappa shape index (κ1) is 28.1. The van der Waals surface area contributed by atoms with E-state index in [9.17, 15) is 34.8 Å². The van der Waals surface area contributed by atoms with E-state index in [1.54, 1.807) is 23.2 Å². The number of ether oxygens (including phenoxy) is 1. The lowest BCUT2D eigenvalue weighted by molar-refractivity contribution is 0.0302. The van der Waals surface area contributed by atoms with Crippen LogP contribution in [0.25, 0.3) is 22.8 Å². The molecule has 0 spiro atoms. The molecular formula is C28H24N8O8. The average Bonchev–Trinajstić information content (AvgIpc) is 3.72. The second-order valence-electron chi connectivity index (χ2n) is 9.74. The Bertz CT molecular complexity index is 1830. The molecule has 0 radical (unpaired) electrons. The van der Waals surface area contributed by atoms with Crippen molar-refractivity contribution in [3.05, 3.63) is 83.3 Å². The normalized spacial score (nSPS) is 14.7. The van der Waals surface area contributed by atoms with E-state index in [1.165, 1.54) is 52.3 Å². The SMILES string of the molecule is O=C(O)c1ccc(N2C=C(c3cc(C(=O)N4CCOCC4)cc(-c4cn(-c5ccc(C(=O)O)c(O)c5)nn4)n3)NN2)cc1O. The zero-order valence-corrected chi connectivity index (χ0v) is 22.7. The maximum absolute atomic E-state index is 13.5. The Morgan fingerprint density at radius 2 is 1.45 bits per heavy atom. The highest BCUT2D eigenvalue weighted by molar-refractivity contribution is 5.96. The van der Waals surface area contributed by atoms with Crippen molar-refractivity contribution in [1.29, 1.82) is 0 Å². The summed E-state index contributed by atoms with van der Waals surface area (Å²) in [5, 5.41) is 48.4. The fourth-order valence-corrected chi connectivity index (χ4v) is 4.66. The maximum Gasteiger partial charge on any atom is 0.339 e. The summed E-state index contributed by atoms with van der Waals surface area (Å²) in [5.41, 5.74) is 7.88. The summed E-state index contributed by atoms with van der Waals surface area (Å²) in [4.78, 5) is 42.4. The topological polar surface area (TPSA) is 215 Å². The molecule has 6 rings (SSSR count). The van der Waals surface area contributed by atoms with Crippen LogP contribution in [0.2, 0.25) is 0 Å². The van der Waals surface area contributed by atoms with Gasteiger partial charge in [-0.05, 0) is 36.4 Å². The first-order valence-electron chi connectivity index (χ1n) is 13.2. The molecule has 0 atom stereocenters. The largest absolute Gasteiger partial charge is 0.507 e. The summed E-state index contributed by atoms with van der Waals surface area (Å²) in [7, 11) is 0. The van der Waals surface area contributed by atoms with Crippen LogP contribution in [0.1, 0.15) is 36.8 Å². The Kier molecular flexibility index (Phi) is 7.26. The van der Waals surface area contributed by atoms with E-state index in [4.69, 9.17) is 9.72 Å². The number of nitrogens with zero attached hydrogens (tertiary/aromatic N) is 6. The number of carboxylic acids is 2. The van der Waals surface area contributed by atoms with Gasteiger partial charge in [-0.15, -0.1) is 10.6 Å². The summed E-state index contributed by atoms with van der Waals surface area (Å²) in [6.07, 6.45) is 3.14. The van der Waals surface area contributed by atoms with Crippen molar-refractivity contribution in [3.63, 3.8) is 0 Å². The summed E-state index contributed by atoms with van der Waals surface area (Å²) in [6.45, 7) is 1.67. The lowest BCUT2D eigenvalue weighted by Crippen LogP contribution is -2.40. The Morgan fingerprint density at radius 1 is 0.818 bits per heavy atom. The van der Waals surface area contributed by atoms with Crippen LogP contribution in [-0.2, 0) is 4.74 Å². The van der Waals surface area contributed by atoms with Crippen LogP contribution in [0.4, 0.5) is 5.69 Å². The second-order valence-corrected chi connectivity index (χ2v) is 9.74. The van der Waals surface area contributed by atoms with Crippen LogP contribution in [0.15, 0.2) is 60.9 Å². The lowest BCUT2D eigenvalue weighted by Gasteiger charge is -2.27. The van der Waals surface area contributed by atoms with E-state index in [1.807, 2.05) is 0 Å². The monoisotopic (exact) mass is 600 g/mol. The molecule has 4 aromatic rings. The number of hydrazine groups is 2.